The predicted octanol–water partition coefficient (Wildman–Crippen LogP) is 6.10. The van der Waals surface area contributed by atoms with Crippen LogP contribution in [-0.4, -0.2) is 42.6 Å². The molecular formula is C33H43N3O6. The summed E-state index contributed by atoms with van der Waals surface area (Å²) < 4.78 is 11.5. The molecule has 2 N–H and O–H groups in total. The smallest absolute Gasteiger partial charge is 0.288 e. The number of hydrogen-bond donors (Lipinski definition) is 2. The molecule has 0 spiro atoms. The topological polar surface area (TPSA) is 110 Å². The fraction of sp³-hybridized carbons (Fsp3) is 0.424. The maximum atomic E-state index is 13.4. The van der Waals surface area contributed by atoms with Gasteiger partial charge >= 0.3 is 0 Å². The van der Waals surface area contributed by atoms with Gasteiger partial charge in [0, 0.05) is 5.56 Å². The number of carbonyl (C=O) groups excluding carboxylic acids is 3. The van der Waals surface area contributed by atoms with Crippen LogP contribution in [0.25, 0.3) is 11.3 Å². The molecule has 2 aromatic carbocycles. The minimum Gasteiger partial charge on any atom is -0.494 e. The van der Waals surface area contributed by atoms with Gasteiger partial charge in [-0.15, -0.1) is 0 Å². The highest BCUT2D eigenvalue weighted by molar-refractivity contribution is 5.92. The average Bonchev–Trinajstić information content (AvgIpc) is 3.52. The van der Waals surface area contributed by atoms with Gasteiger partial charge in [0.1, 0.15) is 18.1 Å². The molecule has 2 atom stereocenters. The molecule has 0 saturated heterocycles. The lowest BCUT2D eigenvalue weighted by Crippen LogP contribution is -2.48. The number of nitrogens with one attached hydrogen (secondary N) is 2. The molecule has 1 unspecified atom stereocenters. The molecule has 1 heterocycles. The number of ether oxygens (including phenoxy) is 1. The van der Waals surface area contributed by atoms with E-state index >= 15 is 0 Å². The van der Waals surface area contributed by atoms with E-state index in [1.807, 2.05) is 68.4 Å². The van der Waals surface area contributed by atoms with Crippen molar-refractivity contribution >= 4 is 18.2 Å². The highest BCUT2D eigenvalue weighted by Gasteiger charge is 2.32. The number of furan rings is 1. The number of rotatable bonds is 19. The largest absolute Gasteiger partial charge is 0.494 e. The van der Waals surface area contributed by atoms with Crippen LogP contribution in [0, 0.1) is 5.92 Å². The first-order chi connectivity index (χ1) is 20.5. The Hall–Kier alpha value is -4.11. The molecule has 3 amide bonds. The van der Waals surface area contributed by atoms with Crippen LogP contribution in [0.15, 0.2) is 71.1 Å². The highest BCUT2D eigenvalue weighted by Crippen LogP contribution is 2.26. The van der Waals surface area contributed by atoms with Crippen molar-refractivity contribution in [3.63, 3.8) is 0 Å². The summed E-state index contributed by atoms with van der Waals surface area (Å²) in [5.41, 5.74) is 1.72. The summed E-state index contributed by atoms with van der Waals surface area (Å²) in [5.74, 6) is 0.199. The fourth-order valence-corrected chi connectivity index (χ4v) is 4.69. The second kappa shape index (κ2) is 17.6. The Bertz CT molecular complexity index is 1250. The lowest BCUT2D eigenvalue weighted by molar-refractivity contribution is -0.200. The van der Waals surface area contributed by atoms with Crippen LogP contribution in [-0.2, 0) is 21.0 Å². The predicted molar refractivity (Wildman–Crippen MR) is 161 cm³/mol. The third kappa shape index (κ3) is 9.76. The van der Waals surface area contributed by atoms with Gasteiger partial charge in [0.15, 0.2) is 5.76 Å². The molecule has 0 aliphatic heterocycles. The van der Waals surface area contributed by atoms with Gasteiger partial charge in [-0.25, -0.2) is 5.06 Å². The van der Waals surface area contributed by atoms with Crippen LogP contribution in [0.1, 0.15) is 75.4 Å². The Balaban J connectivity index is 1.59. The third-order valence-electron chi connectivity index (χ3n) is 6.92. The van der Waals surface area contributed by atoms with E-state index in [0.29, 0.717) is 31.6 Å². The van der Waals surface area contributed by atoms with E-state index in [-0.39, 0.29) is 24.9 Å². The molecule has 0 fully saturated rings. The van der Waals surface area contributed by atoms with Gasteiger partial charge in [0.25, 0.3) is 5.91 Å². The number of unbranched alkanes of at least 4 members (excludes halogenated alkanes) is 2. The molecule has 0 radical (unpaired) electrons. The van der Waals surface area contributed by atoms with Gasteiger partial charge in [-0.2, -0.15) is 0 Å². The third-order valence-corrected chi connectivity index (χ3v) is 6.92. The summed E-state index contributed by atoms with van der Waals surface area (Å²) in [7, 11) is 0. The summed E-state index contributed by atoms with van der Waals surface area (Å²) in [6.07, 6.45) is 5.48. The zero-order valence-corrected chi connectivity index (χ0v) is 24.8. The molecule has 3 aromatic rings. The second-order valence-electron chi connectivity index (χ2n) is 10.1. The molecular weight excluding hydrogens is 534 g/mol. The molecule has 3 rings (SSSR count). The van der Waals surface area contributed by atoms with Crippen LogP contribution in [0.2, 0.25) is 0 Å². The number of carbonyl (C=O) groups is 3. The van der Waals surface area contributed by atoms with E-state index < -0.39 is 17.9 Å². The molecule has 0 aliphatic rings. The number of benzene rings is 2. The molecule has 1 aromatic heterocycles. The Kier molecular flexibility index (Phi) is 13.6. The Labute approximate surface area is 248 Å². The van der Waals surface area contributed by atoms with Crippen molar-refractivity contribution in [2.75, 3.05) is 13.3 Å². The van der Waals surface area contributed by atoms with Gasteiger partial charge in [-0.1, -0.05) is 82.5 Å². The minimum absolute atomic E-state index is 0.0826. The number of hydrogen-bond acceptors (Lipinski definition) is 6. The van der Waals surface area contributed by atoms with Crippen LogP contribution in [0.3, 0.4) is 0 Å². The summed E-state index contributed by atoms with van der Waals surface area (Å²) >= 11 is 0. The van der Waals surface area contributed by atoms with Crippen LogP contribution >= 0.6 is 0 Å². The maximum Gasteiger partial charge on any atom is 0.288 e. The van der Waals surface area contributed by atoms with Gasteiger partial charge in [0.05, 0.1) is 25.2 Å². The van der Waals surface area contributed by atoms with Gasteiger partial charge in [-0.3, -0.25) is 19.2 Å². The zero-order valence-electron chi connectivity index (χ0n) is 24.8. The SMILES string of the molecule is CCCCCC(C(=O)NCNC(=O)c1ccc(-c2cccc(OCCC)c2)o1)[C@@H](CC)N(C=O)OCc1ccccc1. The standard InChI is InChI=1S/C33H43N3O6/c1-4-7-9-17-28(29(6-3)36(24-37)41-22-25-13-10-8-11-14-25)32(38)34-23-35-33(39)31-19-18-30(42-31)26-15-12-16-27(21-26)40-20-5-2/h8,10-16,18-19,21,24,28-29H,4-7,9,17,20,22-23H2,1-3H3,(H,34,38)(H,35,39)/t28?,29-/m1/s1. The van der Waals surface area contributed by atoms with E-state index in [0.717, 1.165) is 42.6 Å². The monoisotopic (exact) mass is 577 g/mol. The van der Waals surface area contributed by atoms with Gasteiger partial charge < -0.3 is 19.8 Å². The van der Waals surface area contributed by atoms with Crippen molar-refractivity contribution in [3.05, 3.63) is 78.1 Å². The summed E-state index contributed by atoms with van der Waals surface area (Å²) in [6, 6.07) is 19.9. The Morgan fingerprint density at radius 2 is 1.76 bits per heavy atom. The minimum atomic E-state index is -0.503. The van der Waals surface area contributed by atoms with Crippen molar-refractivity contribution < 1.29 is 28.4 Å². The van der Waals surface area contributed by atoms with Gasteiger partial charge in [-0.05, 0) is 49.1 Å². The Morgan fingerprint density at radius 1 is 0.952 bits per heavy atom. The summed E-state index contributed by atoms with van der Waals surface area (Å²) in [5, 5.41) is 6.77. The maximum absolute atomic E-state index is 13.4. The fourth-order valence-electron chi connectivity index (χ4n) is 4.69. The quantitative estimate of drug-likeness (QED) is 0.0771. The number of nitrogens with zero attached hydrogens (tertiary/aromatic N) is 1. The van der Waals surface area contributed by atoms with Crippen molar-refractivity contribution in [1.29, 1.82) is 0 Å². The lowest BCUT2D eigenvalue weighted by atomic mass is 9.90. The molecule has 9 nitrogen and oxygen atoms in total. The molecule has 42 heavy (non-hydrogen) atoms. The molecule has 9 heteroatoms. The number of hydroxylamine groups is 2. The average molecular weight is 578 g/mol. The summed E-state index contributed by atoms with van der Waals surface area (Å²) in [6.45, 7) is 6.82. The molecule has 226 valence electrons. The summed E-state index contributed by atoms with van der Waals surface area (Å²) in [4.78, 5) is 44.0. The molecule has 0 saturated carbocycles. The van der Waals surface area contributed by atoms with E-state index in [1.54, 1.807) is 12.1 Å². The first kappa shape index (κ1) is 32.4. The highest BCUT2D eigenvalue weighted by atomic mass is 16.7. The van der Waals surface area contributed by atoms with E-state index in [9.17, 15) is 14.4 Å². The first-order valence-electron chi connectivity index (χ1n) is 14.8. The second-order valence-corrected chi connectivity index (χ2v) is 10.1. The van der Waals surface area contributed by atoms with Crippen molar-refractivity contribution in [3.8, 4) is 17.1 Å². The van der Waals surface area contributed by atoms with Crippen LogP contribution in [0.5, 0.6) is 5.75 Å². The van der Waals surface area contributed by atoms with Crippen LogP contribution < -0.4 is 15.4 Å². The van der Waals surface area contributed by atoms with Gasteiger partial charge in [0.2, 0.25) is 12.3 Å². The van der Waals surface area contributed by atoms with Crippen LogP contribution in [0.4, 0.5) is 0 Å². The lowest BCUT2D eigenvalue weighted by Gasteiger charge is -2.32. The molecule has 0 bridgehead atoms. The first-order valence-corrected chi connectivity index (χ1v) is 14.8. The molecule has 0 aliphatic carbocycles. The zero-order chi connectivity index (χ0) is 30.2. The van der Waals surface area contributed by atoms with E-state index in [4.69, 9.17) is 14.0 Å². The normalized spacial score (nSPS) is 12.3. The Morgan fingerprint density at radius 3 is 2.48 bits per heavy atom. The number of amides is 3. The van der Waals surface area contributed by atoms with E-state index in [2.05, 4.69) is 17.6 Å². The van der Waals surface area contributed by atoms with Crippen molar-refractivity contribution in [2.45, 2.75) is 71.9 Å². The van der Waals surface area contributed by atoms with E-state index in [1.165, 1.54) is 5.06 Å². The van der Waals surface area contributed by atoms with Crippen molar-refractivity contribution in [2.24, 2.45) is 5.92 Å². The van der Waals surface area contributed by atoms with Crippen molar-refractivity contribution in [1.82, 2.24) is 15.7 Å².